The highest BCUT2D eigenvalue weighted by atomic mass is 16.5. The van der Waals surface area contributed by atoms with Gasteiger partial charge in [0.15, 0.2) is 0 Å². The van der Waals surface area contributed by atoms with E-state index >= 15 is 0 Å². The predicted molar refractivity (Wildman–Crippen MR) is 75.6 cm³/mol. The summed E-state index contributed by atoms with van der Waals surface area (Å²) in [5, 5.41) is 10.4. The van der Waals surface area contributed by atoms with E-state index in [1.54, 1.807) is 0 Å². The topological polar surface area (TPSA) is 38.7 Å². The van der Waals surface area contributed by atoms with Gasteiger partial charge in [0.25, 0.3) is 0 Å². The molecule has 1 aromatic rings. The molecule has 1 aromatic carbocycles. The van der Waals surface area contributed by atoms with Gasteiger partial charge in [0.2, 0.25) is 0 Å². The van der Waals surface area contributed by atoms with E-state index in [0.29, 0.717) is 38.6 Å². The summed E-state index contributed by atoms with van der Waals surface area (Å²) < 4.78 is 11.2. The molecule has 3 heteroatoms. The molecule has 0 aromatic heterocycles. The van der Waals surface area contributed by atoms with Crippen molar-refractivity contribution in [3.8, 4) is 5.75 Å². The van der Waals surface area contributed by atoms with Gasteiger partial charge in [-0.05, 0) is 24.0 Å². The molecule has 0 radical (unpaired) electrons. The van der Waals surface area contributed by atoms with Crippen LogP contribution in [0.5, 0.6) is 5.75 Å². The first-order valence-corrected chi connectivity index (χ1v) is 7.16. The van der Waals surface area contributed by atoms with Crippen LogP contribution in [0.1, 0.15) is 44.6 Å². The molecule has 106 valence electrons. The highest BCUT2D eigenvalue weighted by Crippen LogP contribution is 2.30. The Kier molecular flexibility index (Phi) is 4.83. The summed E-state index contributed by atoms with van der Waals surface area (Å²) in [4.78, 5) is 0. The summed E-state index contributed by atoms with van der Waals surface area (Å²) in [6.07, 6.45) is 2.38. The minimum atomic E-state index is -0.735. The molecule has 0 aliphatic carbocycles. The number of para-hydroxylation sites is 1. The average molecular weight is 264 g/mol. The lowest BCUT2D eigenvalue weighted by Gasteiger charge is -2.32. The van der Waals surface area contributed by atoms with E-state index in [0.717, 1.165) is 12.2 Å². The molecular weight excluding hydrogens is 240 g/mol. The fraction of sp³-hybridized carbons (Fsp3) is 0.625. The first-order valence-electron chi connectivity index (χ1n) is 7.16. The molecule has 0 spiro atoms. The number of aliphatic hydroxyl groups is 1. The van der Waals surface area contributed by atoms with Crippen molar-refractivity contribution in [2.75, 3.05) is 19.8 Å². The Morgan fingerprint density at radius 1 is 1.32 bits per heavy atom. The van der Waals surface area contributed by atoms with Gasteiger partial charge in [-0.15, -0.1) is 0 Å². The van der Waals surface area contributed by atoms with E-state index < -0.39 is 5.60 Å². The number of rotatable bonds is 5. The zero-order valence-corrected chi connectivity index (χ0v) is 11.9. The summed E-state index contributed by atoms with van der Waals surface area (Å²) in [7, 11) is 0. The minimum absolute atomic E-state index is 0.351. The summed E-state index contributed by atoms with van der Waals surface area (Å²) in [6.45, 7) is 5.96. The SMILES string of the molecule is CCC(C)c1ccccc1OCC1(O)CCOCC1. The Labute approximate surface area is 115 Å². The molecule has 1 aliphatic heterocycles. The van der Waals surface area contributed by atoms with Crippen molar-refractivity contribution < 1.29 is 14.6 Å². The van der Waals surface area contributed by atoms with Crippen LogP contribution in [0.25, 0.3) is 0 Å². The standard InChI is InChI=1S/C16H24O3/c1-3-13(2)14-6-4-5-7-15(14)19-12-16(17)8-10-18-11-9-16/h4-7,13,17H,3,8-12H2,1-2H3. The molecule has 1 unspecified atom stereocenters. The second-order valence-corrected chi connectivity index (χ2v) is 5.47. The Hall–Kier alpha value is -1.06. The molecule has 1 fully saturated rings. The van der Waals surface area contributed by atoms with Crippen molar-refractivity contribution in [2.24, 2.45) is 0 Å². The van der Waals surface area contributed by atoms with Crippen molar-refractivity contribution in [1.82, 2.24) is 0 Å². The number of hydrogen-bond donors (Lipinski definition) is 1. The van der Waals surface area contributed by atoms with Crippen LogP contribution in [0.4, 0.5) is 0 Å². The summed E-state index contributed by atoms with van der Waals surface area (Å²) in [6, 6.07) is 8.12. The van der Waals surface area contributed by atoms with Gasteiger partial charge in [0.1, 0.15) is 18.0 Å². The molecule has 1 atom stereocenters. The molecule has 19 heavy (non-hydrogen) atoms. The number of ether oxygens (including phenoxy) is 2. The Bertz CT molecular complexity index is 397. The lowest BCUT2D eigenvalue weighted by molar-refractivity contribution is -0.0857. The molecule has 0 amide bonds. The zero-order valence-electron chi connectivity index (χ0n) is 11.9. The van der Waals surface area contributed by atoms with Crippen LogP contribution in [-0.4, -0.2) is 30.5 Å². The molecule has 1 N–H and O–H groups in total. The Balaban J connectivity index is 2.02. The van der Waals surface area contributed by atoms with Crippen LogP contribution in [0.15, 0.2) is 24.3 Å². The van der Waals surface area contributed by atoms with E-state index in [1.165, 1.54) is 5.56 Å². The molecular formula is C16H24O3. The normalized spacial score (nSPS) is 19.9. The van der Waals surface area contributed by atoms with Gasteiger partial charge in [0, 0.05) is 26.1 Å². The quantitative estimate of drug-likeness (QED) is 0.888. The summed E-state index contributed by atoms with van der Waals surface area (Å²) in [5.74, 6) is 1.37. The van der Waals surface area contributed by atoms with Gasteiger partial charge in [-0.25, -0.2) is 0 Å². The van der Waals surface area contributed by atoms with Gasteiger partial charge in [0.05, 0.1) is 0 Å². The zero-order chi connectivity index (χ0) is 13.7. The molecule has 0 saturated carbocycles. The van der Waals surface area contributed by atoms with Gasteiger partial charge in [-0.1, -0.05) is 32.0 Å². The highest BCUT2D eigenvalue weighted by Gasteiger charge is 2.31. The second kappa shape index (κ2) is 6.40. The van der Waals surface area contributed by atoms with Crippen molar-refractivity contribution in [1.29, 1.82) is 0 Å². The maximum atomic E-state index is 10.4. The smallest absolute Gasteiger partial charge is 0.122 e. The molecule has 1 heterocycles. The first-order chi connectivity index (χ1) is 9.14. The van der Waals surface area contributed by atoms with Crippen LogP contribution < -0.4 is 4.74 Å². The number of benzene rings is 1. The van der Waals surface area contributed by atoms with Crippen LogP contribution >= 0.6 is 0 Å². The van der Waals surface area contributed by atoms with Crippen molar-refractivity contribution >= 4 is 0 Å². The average Bonchev–Trinajstić information content (AvgIpc) is 2.45. The highest BCUT2D eigenvalue weighted by molar-refractivity contribution is 5.35. The van der Waals surface area contributed by atoms with Crippen molar-refractivity contribution in [3.05, 3.63) is 29.8 Å². The van der Waals surface area contributed by atoms with Crippen LogP contribution in [0.3, 0.4) is 0 Å². The molecule has 3 nitrogen and oxygen atoms in total. The third kappa shape index (κ3) is 3.71. The van der Waals surface area contributed by atoms with Crippen LogP contribution in [-0.2, 0) is 4.74 Å². The van der Waals surface area contributed by atoms with Gasteiger partial charge < -0.3 is 14.6 Å². The summed E-state index contributed by atoms with van der Waals surface area (Å²) in [5.41, 5.74) is 0.488. The van der Waals surface area contributed by atoms with E-state index in [1.807, 2.05) is 18.2 Å². The van der Waals surface area contributed by atoms with Crippen LogP contribution in [0.2, 0.25) is 0 Å². The predicted octanol–water partition coefficient (Wildman–Crippen LogP) is 3.12. The van der Waals surface area contributed by atoms with Crippen LogP contribution in [0, 0.1) is 0 Å². The van der Waals surface area contributed by atoms with E-state index in [4.69, 9.17) is 9.47 Å². The van der Waals surface area contributed by atoms with E-state index in [9.17, 15) is 5.11 Å². The maximum absolute atomic E-state index is 10.4. The van der Waals surface area contributed by atoms with Crippen molar-refractivity contribution in [3.63, 3.8) is 0 Å². The van der Waals surface area contributed by atoms with E-state index in [-0.39, 0.29) is 0 Å². The maximum Gasteiger partial charge on any atom is 0.122 e. The van der Waals surface area contributed by atoms with Gasteiger partial charge >= 0.3 is 0 Å². The fourth-order valence-electron chi connectivity index (χ4n) is 2.35. The lowest BCUT2D eigenvalue weighted by atomic mass is 9.95. The Morgan fingerprint density at radius 2 is 2.00 bits per heavy atom. The third-order valence-corrected chi connectivity index (χ3v) is 3.98. The van der Waals surface area contributed by atoms with Crippen molar-refractivity contribution in [2.45, 2.75) is 44.6 Å². The monoisotopic (exact) mass is 264 g/mol. The minimum Gasteiger partial charge on any atom is -0.490 e. The van der Waals surface area contributed by atoms with E-state index in [2.05, 4.69) is 19.9 Å². The summed E-state index contributed by atoms with van der Waals surface area (Å²) >= 11 is 0. The number of hydrogen-bond acceptors (Lipinski definition) is 3. The van der Waals surface area contributed by atoms with Gasteiger partial charge in [-0.2, -0.15) is 0 Å². The van der Waals surface area contributed by atoms with Gasteiger partial charge in [-0.3, -0.25) is 0 Å². The lowest BCUT2D eigenvalue weighted by Crippen LogP contribution is -2.41. The Morgan fingerprint density at radius 3 is 2.68 bits per heavy atom. The molecule has 1 saturated heterocycles. The largest absolute Gasteiger partial charge is 0.490 e. The third-order valence-electron chi connectivity index (χ3n) is 3.98. The molecule has 0 bridgehead atoms. The molecule has 2 rings (SSSR count). The molecule has 1 aliphatic rings. The second-order valence-electron chi connectivity index (χ2n) is 5.47. The first kappa shape index (κ1) is 14.4. The fourth-order valence-corrected chi connectivity index (χ4v) is 2.35.